The Morgan fingerprint density at radius 2 is 1.91 bits per heavy atom. The maximum atomic E-state index is 11.9. The van der Waals surface area contributed by atoms with Crippen molar-refractivity contribution in [3.8, 4) is 0 Å². The van der Waals surface area contributed by atoms with Gasteiger partial charge in [0, 0.05) is 25.8 Å². The summed E-state index contributed by atoms with van der Waals surface area (Å²) in [4.78, 5) is 11.9. The highest BCUT2D eigenvalue weighted by Crippen LogP contribution is 2.20. The van der Waals surface area contributed by atoms with Gasteiger partial charge in [-0.1, -0.05) is 30.3 Å². The van der Waals surface area contributed by atoms with Crippen molar-refractivity contribution < 1.29 is 9.53 Å². The lowest BCUT2D eigenvalue weighted by atomic mass is 10.1. The molecule has 2 aromatic rings. The van der Waals surface area contributed by atoms with E-state index in [2.05, 4.69) is 22.8 Å². The first-order valence-corrected chi connectivity index (χ1v) is 7.65. The topological polar surface area (TPSA) is 76.4 Å². The zero-order valence-electron chi connectivity index (χ0n) is 13.3. The SMILES string of the molecule is COCCNC(=O)c1ccc(NCCc2ccccc2)c(N)c1. The van der Waals surface area contributed by atoms with Crippen molar-refractivity contribution >= 4 is 17.3 Å². The number of nitrogens with two attached hydrogens (primary N) is 1. The Morgan fingerprint density at radius 3 is 2.61 bits per heavy atom. The van der Waals surface area contributed by atoms with E-state index in [9.17, 15) is 4.79 Å². The number of hydrogen-bond donors (Lipinski definition) is 3. The maximum Gasteiger partial charge on any atom is 0.251 e. The summed E-state index contributed by atoms with van der Waals surface area (Å²) in [5.74, 6) is -0.149. The Morgan fingerprint density at radius 1 is 1.13 bits per heavy atom. The molecule has 5 heteroatoms. The molecule has 23 heavy (non-hydrogen) atoms. The Bertz CT molecular complexity index is 629. The largest absolute Gasteiger partial charge is 0.397 e. The van der Waals surface area contributed by atoms with Gasteiger partial charge in [0.15, 0.2) is 0 Å². The third-order valence-corrected chi connectivity index (χ3v) is 3.48. The number of carbonyl (C=O) groups excluding carboxylic acids is 1. The predicted octanol–water partition coefficient (Wildman–Crippen LogP) is 2.30. The quantitative estimate of drug-likeness (QED) is 0.516. The van der Waals surface area contributed by atoms with Gasteiger partial charge in [-0.2, -0.15) is 0 Å². The highest BCUT2D eigenvalue weighted by molar-refractivity contribution is 5.96. The Hall–Kier alpha value is -2.53. The lowest BCUT2D eigenvalue weighted by Gasteiger charge is -2.11. The van der Waals surface area contributed by atoms with Crippen LogP contribution in [-0.4, -0.2) is 32.7 Å². The third kappa shape index (κ3) is 5.30. The van der Waals surface area contributed by atoms with Crippen LogP contribution >= 0.6 is 0 Å². The normalized spacial score (nSPS) is 10.3. The van der Waals surface area contributed by atoms with Crippen LogP contribution in [0.5, 0.6) is 0 Å². The van der Waals surface area contributed by atoms with E-state index in [1.54, 1.807) is 19.2 Å². The minimum Gasteiger partial charge on any atom is -0.397 e. The van der Waals surface area contributed by atoms with Crippen molar-refractivity contribution in [2.75, 3.05) is 37.9 Å². The molecule has 4 N–H and O–H groups in total. The molecule has 0 aromatic heterocycles. The highest BCUT2D eigenvalue weighted by atomic mass is 16.5. The lowest BCUT2D eigenvalue weighted by molar-refractivity contribution is 0.0937. The van der Waals surface area contributed by atoms with Gasteiger partial charge in [-0.05, 0) is 30.2 Å². The molecule has 1 amide bonds. The number of rotatable bonds is 8. The molecule has 0 radical (unpaired) electrons. The van der Waals surface area contributed by atoms with E-state index in [0.717, 1.165) is 18.7 Å². The smallest absolute Gasteiger partial charge is 0.251 e. The van der Waals surface area contributed by atoms with Crippen molar-refractivity contribution in [1.82, 2.24) is 5.32 Å². The van der Waals surface area contributed by atoms with Gasteiger partial charge in [0.1, 0.15) is 0 Å². The number of anilines is 2. The van der Waals surface area contributed by atoms with Crippen LogP contribution in [0, 0.1) is 0 Å². The second-order valence-corrected chi connectivity index (χ2v) is 5.21. The summed E-state index contributed by atoms with van der Waals surface area (Å²) in [5, 5.41) is 6.07. The van der Waals surface area contributed by atoms with E-state index < -0.39 is 0 Å². The van der Waals surface area contributed by atoms with Crippen LogP contribution in [0.1, 0.15) is 15.9 Å². The second-order valence-electron chi connectivity index (χ2n) is 5.21. The fraction of sp³-hybridized carbons (Fsp3) is 0.278. The zero-order valence-corrected chi connectivity index (χ0v) is 13.3. The van der Waals surface area contributed by atoms with Crippen LogP contribution in [0.4, 0.5) is 11.4 Å². The third-order valence-electron chi connectivity index (χ3n) is 3.48. The molecule has 122 valence electrons. The molecule has 0 atom stereocenters. The highest BCUT2D eigenvalue weighted by Gasteiger charge is 2.07. The molecule has 0 heterocycles. The lowest BCUT2D eigenvalue weighted by Crippen LogP contribution is -2.27. The van der Waals surface area contributed by atoms with Crippen LogP contribution in [-0.2, 0) is 11.2 Å². The number of benzene rings is 2. The molecule has 2 aromatic carbocycles. The first kappa shape index (κ1) is 16.8. The summed E-state index contributed by atoms with van der Waals surface area (Å²) >= 11 is 0. The number of ether oxygens (including phenoxy) is 1. The standard InChI is InChI=1S/C18H23N3O2/c1-23-12-11-21-18(22)15-7-8-17(16(19)13-15)20-10-9-14-5-3-2-4-6-14/h2-8,13,20H,9-12,19H2,1H3,(H,21,22). The number of hydrogen-bond acceptors (Lipinski definition) is 4. The van der Waals surface area contributed by atoms with Crippen LogP contribution in [0.2, 0.25) is 0 Å². The molecule has 2 rings (SSSR count). The van der Waals surface area contributed by atoms with Gasteiger partial charge in [0.05, 0.1) is 18.0 Å². The summed E-state index contributed by atoms with van der Waals surface area (Å²) in [6.07, 6.45) is 0.916. The number of nitrogen functional groups attached to an aromatic ring is 1. The number of methoxy groups -OCH3 is 1. The molecule has 0 aliphatic heterocycles. The Labute approximate surface area is 136 Å². The predicted molar refractivity (Wildman–Crippen MR) is 93.7 cm³/mol. The summed E-state index contributed by atoms with van der Waals surface area (Å²) in [6, 6.07) is 15.5. The summed E-state index contributed by atoms with van der Waals surface area (Å²) < 4.78 is 4.90. The zero-order chi connectivity index (χ0) is 16.5. The van der Waals surface area contributed by atoms with Gasteiger partial charge in [-0.15, -0.1) is 0 Å². The van der Waals surface area contributed by atoms with Gasteiger partial charge < -0.3 is 21.1 Å². The van der Waals surface area contributed by atoms with E-state index in [0.29, 0.717) is 24.4 Å². The number of amides is 1. The van der Waals surface area contributed by atoms with Gasteiger partial charge in [-0.3, -0.25) is 4.79 Å². The number of carbonyl (C=O) groups is 1. The first-order valence-electron chi connectivity index (χ1n) is 7.65. The minimum absolute atomic E-state index is 0.149. The van der Waals surface area contributed by atoms with Gasteiger partial charge in [0.25, 0.3) is 5.91 Å². The molecule has 0 aliphatic rings. The summed E-state index contributed by atoms with van der Waals surface area (Å²) in [7, 11) is 1.60. The molecule has 0 aliphatic carbocycles. The summed E-state index contributed by atoms with van der Waals surface area (Å²) in [5.41, 5.74) is 9.25. The van der Waals surface area contributed by atoms with Crippen LogP contribution in [0.3, 0.4) is 0 Å². The molecule has 5 nitrogen and oxygen atoms in total. The Balaban J connectivity index is 1.87. The number of nitrogens with one attached hydrogen (secondary N) is 2. The second kappa shape index (κ2) is 8.80. The fourth-order valence-corrected chi connectivity index (χ4v) is 2.22. The van der Waals surface area contributed by atoms with Crippen LogP contribution < -0.4 is 16.4 Å². The molecule has 0 unspecified atom stereocenters. The Kier molecular flexibility index (Phi) is 6.44. The first-order chi connectivity index (χ1) is 11.2. The van der Waals surface area contributed by atoms with Crippen molar-refractivity contribution in [2.24, 2.45) is 0 Å². The van der Waals surface area contributed by atoms with E-state index >= 15 is 0 Å². The van der Waals surface area contributed by atoms with Crippen molar-refractivity contribution in [1.29, 1.82) is 0 Å². The minimum atomic E-state index is -0.149. The summed E-state index contributed by atoms with van der Waals surface area (Å²) in [6.45, 7) is 1.75. The molecular formula is C18H23N3O2. The van der Waals surface area contributed by atoms with Crippen LogP contribution in [0.25, 0.3) is 0 Å². The van der Waals surface area contributed by atoms with E-state index in [4.69, 9.17) is 10.5 Å². The van der Waals surface area contributed by atoms with E-state index in [1.807, 2.05) is 24.3 Å². The molecule has 0 fully saturated rings. The average Bonchev–Trinajstić information content (AvgIpc) is 2.57. The fourth-order valence-electron chi connectivity index (χ4n) is 2.22. The molecule has 0 bridgehead atoms. The van der Waals surface area contributed by atoms with Gasteiger partial charge in [0.2, 0.25) is 0 Å². The van der Waals surface area contributed by atoms with Crippen molar-refractivity contribution in [3.05, 3.63) is 59.7 Å². The van der Waals surface area contributed by atoms with Gasteiger partial charge >= 0.3 is 0 Å². The molecular weight excluding hydrogens is 290 g/mol. The van der Waals surface area contributed by atoms with Gasteiger partial charge in [-0.25, -0.2) is 0 Å². The molecule has 0 saturated heterocycles. The molecule has 0 saturated carbocycles. The maximum absolute atomic E-state index is 11.9. The average molecular weight is 313 g/mol. The van der Waals surface area contributed by atoms with Crippen molar-refractivity contribution in [3.63, 3.8) is 0 Å². The monoisotopic (exact) mass is 313 g/mol. The molecule has 0 spiro atoms. The van der Waals surface area contributed by atoms with Crippen LogP contribution in [0.15, 0.2) is 48.5 Å². The van der Waals surface area contributed by atoms with E-state index in [-0.39, 0.29) is 5.91 Å². The van der Waals surface area contributed by atoms with Crippen molar-refractivity contribution in [2.45, 2.75) is 6.42 Å². The van der Waals surface area contributed by atoms with E-state index in [1.165, 1.54) is 5.56 Å².